The van der Waals surface area contributed by atoms with Crippen LogP contribution in [0.15, 0.2) is 146 Å². The molecule has 0 unspecified atom stereocenters. The van der Waals surface area contributed by atoms with Gasteiger partial charge < -0.3 is 0 Å². The molecule has 0 radical (unpaired) electrons. The molecule has 0 heterocycles. The molecule has 250 valence electrons. The Labute approximate surface area is 298 Å². The summed E-state index contributed by atoms with van der Waals surface area (Å²) in [4.78, 5) is 0. The van der Waals surface area contributed by atoms with Crippen LogP contribution in [0.1, 0.15) is 11.1 Å². The molecule has 0 aromatic heterocycles. The normalized spacial score (nSPS) is 11.7. The lowest BCUT2D eigenvalue weighted by molar-refractivity contribution is 0.626. The van der Waals surface area contributed by atoms with Gasteiger partial charge in [-0.25, -0.2) is 17.6 Å². The average Bonchev–Trinajstić information content (AvgIpc) is 3.15. The molecule has 0 aliphatic heterocycles. The summed E-state index contributed by atoms with van der Waals surface area (Å²) in [7, 11) is 0. The van der Waals surface area contributed by atoms with Crippen LogP contribution in [0.4, 0.5) is 17.6 Å². The zero-order chi connectivity index (χ0) is 35.7. The topological polar surface area (TPSA) is 0 Å². The molecule has 52 heavy (non-hydrogen) atoms. The van der Waals surface area contributed by atoms with Gasteiger partial charge in [-0.1, -0.05) is 97.1 Å². The van der Waals surface area contributed by atoms with E-state index in [1.54, 1.807) is 24.3 Å². The number of benzene rings is 9. The van der Waals surface area contributed by atoms with Gasteiger partial charge in [0.15, 0.2) is 0 Å². The van der Waals surface area contributed by atoms with Crippen molar-refractivity contribution in [3.8, 4) is 44.5 Å². The predicted molar refractivity (Wildman–Crippen MR) is 208 cm³/mol. The lowest BCUT2D eigenvalue weighted by Gasteiger charge is -2.22. The minimum Gasteiger partial charge on any atom is -0.207 e. The summed E-state index contributed by atoms with van der Waals surface area (Å²) >= 11 is 0. The molecule has 0 N–H and O–H groups in total. The molecule has 0 bridgehead atoms. The maximum Gasteiger partial charge on any atom is 0.131 e. The second-order valence-corrected chi connectivity index (χ2v) is 13.5. The van der Waals surface area contributed by atoms with Gasteiger partial charge in [-0.15, -0.1) is 0 Å². The molecule has 0 atom stereocenters. The van der Waals surface area contributed by atoms with E-state index in [1.807, 2.05) is 74.5 Å². The third kappa shape index (κ3) is 5.05. The van der Waals surface area contributed by atoms with Gasteiger partial charge in [0.2, 0.25) is 0 Å². The van der Waals surface area contributed by atoms with Gasteiger partial charge in [-0.3, -0.25) is 0 Å². The van der Waals surface area contributed by atoms with Crippen LogP contribution in [-0.4, -0.2) is 0 Å². The van der Waals surface area contributed by atoms with Crippen molar-refractivity contribution in [2.45, 2.75) is 13.8 Å². The summed E-state index contributed by atoms with van der Waals surface area (Å²) in [5.41, 5.74) is 8.74. The fourth-order valence-corrected chi connectivity index (χ4v) is 7.99. The van der Waals surface area contributed by atoms with Crippen LogP contribution in [0, 0.1) is 37.1 Å². The molecule has 0 aliphatic carbocycles. The fraction of sp³-hybridized carbons (Fsp3) is 0.0417. The van der Waals surface area contributed by atoms with E-state index >= 15 is 0 Å². The van der Waals surface area contributed by atoms with E-state index in [-0.39, 0.29) is 23.3 Å². The van der Waals surface area contributed by atoms with Crippen LogP contribution in [0.2, 0.25) is 0 Å². The van der Waals surface area contributed by atoms with Crippen LogP contribution < -0.4 is 0 Å². The summed E-state index contributed by atoms with van der Waals surface area (Å²) in [6, 6.07) is 43.8. The van der Waals surface area contributed by atoms with Crippen LogP contribution in [0.5, 0.6) is 0 Å². The molecular formula is C48H30F4. The van der Waals surface area contributed by atoms with E-state index in [0.29, 0.717) is 10.8 Å². The molecule has 0 nitrogen and oxygen atoms in total. The SMILES string of the molecule is Cc1cc(F)ccc1-c1c2ccc(-c3ccc(F)c4ccccc34)cc2c(-c2ccc(F)cc2C)c2ccc(-c3ccc(F)c4ccccc34)cc12. The summed E-state index contributed by atoms with van der Waals surface area (Å²) in [6.45, 7) is 3.81. The highest BCUT2D eigenvalue weighted by molar-refractivity contribution is 6.23. The number of aryl methyl sites for hydroxylation is 2. The van der Waals surface area contributed by atoms with E-state index in [0.717, 1.165) is 88.0 Å². The van der Waals surface area contributed by atoms with Crippen LogP contribution in [-0.2, 0) is 0 Å². The first-order valence-electron chi connectivity index (χ1n) is 17.2. The van der Waals surface area contributed by atoms with Crippen molar-refractivity contribution >= 4 is 43.1 Å². The largest absolute Gasteiger partial charge is 0.207 e. The molecule has 0 spiro atoms. The zero-order valence-electron chi connectivity index (χ0n) is 28.4. The fourth-order valence-electron chi connectivity index (χ4n) is 7.99. The Hall–Kier alpha value is -6.26. The summed E-state index contributed by atoms with van der Waals surface area (Å²) in [5, 5.41) is 6.38. The van der Waals surface area contributed by atoms with Crippen LogP contribution in [0.25, 0.3) is 87.6 Å². The maximum atomic E-state index is 15.0. The van der Waals surface area contributed by atoms with Crippen molar-refractivity contribution in [2.75, 3.05) is 0 Å². The van der Waals surface area contributed by atoms with Gasteiger partial charge in [0.1, 0.15) is 23.3 Å². The van der Waals surface area contributed by atoms with Gasteiger partial charge in [0.25, 0.3) is 0 Å². The number of hydrogen-bond donors (Lipinski definition) is 0. The smallest absolute Gasteiger partial charge is 0.131 e. The quantitative estimate of drug-likeness (QED) is 0.128. The predicted octanol–water partition coefficient (Wildman–Crippen LogP) is 14.1. The third-order valence-corrected chi connectivity index (χ3v) is 10.4. The summed E-state index contributed by atoms with van der Waals surface area (Å²) in [5.74, 6) is -1.21. The Morgan fingerprint density at radius 3 is 1.10 bits per heavy atom. The first kappa shape index (κ1) is 31.7. The second-order valence-electron chi connectivity index (χ2n) is 13.5. The van der Waals surface area contributed by atoms with Gasteiger partial charge in [-0.2, -0.15) is 0 Å². The van der Waals surface area contributed by atoms with E-state index in [1.165, 1.54) is 24.3 Å². The molecule has 9 rings (SSSR count). The minimum atomic E-state index is -0.322. The van der Waals surface area contributed by atoms with Crippen LogP contribution >= 0.6 is 0 Å². The molecule has 4 heteroatoms. The number of halogens is 4. The standard InChI is InChI=1S/C48H30F4/c1-27-23-31(49)13-17-33(27)47-41-15-11-30(36-20-22-46(52)40-10-6-4-8-38(36)40)26-44(41)48(34-18-14-32(50)24-28(34)2)42-16-12-29(25-43(42)47)35-19-21-45(51)39-9-5-3-7-37(35)39/h3-26H,1-2H3. The Balaban J connectivity index is 1.44. The van der Waals surface area contributed by atoms with Crippen molar-refractivity contribution < 1.29 is 17.6 Å². The van der Waals surface area contributed by atoms with Gasteiger partial charge in [0, 0.05) is 10.8 Å². The van der Waals surface area contributed by atoms with Crippen molar-refractivity contribution in [3.05, 3.63) is 180 Å². The Bertz CT molecular complexity index is 2720. The monoisotopic (exact) mass is 682 g/mol. The van der Waals surface area contributed by atoms with Crippen molar-refractivity contribution in [3.63, 3.8) is 0 Å². The summed E-state index contributed by atoms with van der Waals surface area (Å²) < 4.78 is 59.2. The second kappa shape index (κ2) is 12.2. The molecule has 0 amide bonds. The van der Waals surface area contributed by atoms with Crippen molar-refractivity contribution in [1.82, 2.24) is 0 Å². The number of fused-ring (bicyclic) bond motifs is 4. The lowest BCUT2D eigenvalue weighted by Crippen LogP contribution is -1.96. The third-order valence-electron chi connectivity index (χ3n) is 10.4. The maximum absolute atomic E-state index is 15.0. The highest BCUT2D eigenvalue weighted by Crippen LogP contribution is 2.48. The Morgan fingerprint density at radius 2 is 0.692 bits per heavy atom. The summed E-state index contributed by atoms with van der Waals surface area (Å²) in [6.07, 6.45) is 0. The molecule has 0 saturated heterocycles. The lowest BCUT2D eigenvalue weighted by atomic mass is 9.82. The van der Waals surface area contributed by atoms with E-state index in [9.17, 15) is 17.6 Å². The zero-order valence-corrected chi connectivity index (χ0v) is 28.4. The van der Waals surface area contributed by atoms with Crippen LogP contribution in [0.3, 0.4) is 0 Å². The van der Waals surface area contributed by atoms with E-state index in [4.69, 9.17) is 0 Å². The molecule has 9 aromatic carbocycles. The van der Waals surface area contributed by atoms with Crippen molar-refractivity contribution in [2.24, 2.45) is 0 Å². The number of hydrogen-bond acceptors (Lipinski definition) is 0. The minimum absolute atomic E-state index is 0.285. The Kier molecular flexibility index (Phi) is 7.44. The van der Waals surface area contributed by atoms with Crippen molar-refractivity contribution in [1.29, 1.82) is 0 Å². The highest BCUT2D eigenvalue weighted by Gasteiger charge is 2.22. The van der Waals surface area contributed by atoms with Gasteiger partial charge >= 0.3 is 0 Å². The molecule has 9 aromatic rings. The number of rotatable bonds is 4. The molecular weight excluding hydrogens is 653 g/mol. The first-order valence-corrected chi connectivity index (χ1v) is 17.2. The highest BCUT2D eigenvalue weighted by atomic mass is 19.1. The van der Waals surface area contributed by atoms with Gasteiger partial charge in [0.05, 0.1) is 0 Å². The first-order chi connectivity index (χ1) is 25.3. The Morgan fingerprint density at radius 1 is 0.308 bits per heavy atom. The van der Waals surface area contributed by atoms with E-state index < -0.39 is 0 Å². The molecule has 0 saturated carbocycles. The van der Waals surface area contributed by atoms with Gasteiger partial charge in [-0.05, 0) is 150 Å². The average molecular weight is 683 g/mol. The molecule has 0 fully saturated rings. The van der Waals surface area contributed by atoms with E-state index in [2.05, 4.69) is 36.4 Å². The molecule has 0 aliphatic rings.